The molecule has 1 aliphatic carbocycles. The molecule has 2 nitrogen and oxygen atoms in total. The topological polar surface area (TPSA) is 24.4 Å². The minimum Gasteiger partial charge on any atom is -0.343 e. The Bertz CT molecular complexity index is 857. The lowest BCUT2D eigenvalue weighted by atomic mass is 9.67. The SMILES string of the molecule is Fc1cc(CN=C2Nc3ccccc3CC23CCCCC3)c(Cl)cc1Cl. The molecule has 2 aliphatic rings. The second-order valence-corrected chi connectivity index (χ2v) is 8.14. The van der Waals surface area contributed by atoms with Gasteiger partial charge in [0.25, 0.3) is 0 Å². The Balaban J connectivity index is 1.68. The van der Waals surface area contributed by atoms with E-state index in [9.17, 15) is 4.39 Å². The number of hydrogen-bond acceptors (Lipinski definition) is 1. The predicted molar refractivity (Wildman–Crippen MR) is 107 cm³/mol. The number of amidine groups is 1. The average Bonchev–Trinajstić information content (AvgIpc) is 2.64. The molecule has 0 radical (unpaired) electrons. The van der Waals surface area contributed by atoms with E-state index in [1.54, 1.807) is 0 Å². The van der Waals surface area contributed by atoms with Crippen molar-refractivity contribution < 1.29 is 4.39 Å². The highest BCUT2D eigenvalue weighted by molar-refractivity contribution is 6.35. The first-order valence-electron chi connectivity index (χ1n) is 9.11. The van der Waals surface area contributed by atoms with Gasteiger partial charge in [-0.25, -0.2) is 4.39 Å². The van der Waals surface area contributed by atoms with Crippen molar-refractivity contribution in [2.45, 2.75) is 45.1 Å². The Morgan fingerprint density at radius 2 is 1.81 bits per heavy atom. The summed E-state index contributed by atoms with van der Waals surface area (Å²) in [7, 11) is 0. The second-order valence-electron chi connectivity index (χ2n) is 7.32. The summed E-state index contributed by atoms with van der Waals surface area (Å²) in [5, 5.41) is 4.06. The van der Waals surface area contributed by atoms with Crippen LogP contribution in [0.25, 0.3) is 0 Å². The number of para-hydroxylation sites is 1. The fourth-order valence-corrected chi connectivity index (χ4v) is 4.65. The van der Waals surface area contributed by atoms with E-state index in [-0.39, 0.29) is 10.4 Å². The molecule has 1 fully saturated rings. The molecule has 1 spiro atoms. The van der Waals surface area contributed by atoms with Crippen molar-refractivity contribution in [3.63, 3.8) is 0 Å². The molecule has 0 amide bonds. The molecule has 1 N–H and O–H groups in total. The maximum Gasteiger partial charge on any atom is 0.142 e. The quantitative estimate of drug-likeness (QED) is 0.570. The molecule has 5 heteroatoms. The molecule has 0 aromatic heterocycles. The highest BCUT2D eigenvalue weighted by Crippen LogP contribution is 2.45. The molecule has 26 heavy (non-hydrogen) atoms. The van der Waals surface area contributed by atoms with Crippen LogP contribution in [0.2, 0.25) is 10.0 Å². The second kappa shape index (κ2) is 7.21. The zero-order valence-electron chi connectivity index (χ0n) is 14.5. The van der Waals surface area contributed by atoms with Crippen LogP contribution in [0.3, 0.4) is 0 Å². The van der Waals surface area contributed by atoms with Gasteiger partial charge in [0, 0.05) is 16.1 Å². The van der Waals surface area contributed by atoms with Gasteiger partial charge in [0.1, 0.15) is 11.7 Å². The monoisotopic (exact) mass is 390 g/mol. The van der Waals surface area contributed by atoms with Crippen LogP contribution in [0.1, 0.15) is 43.2 Å². The van der Waals surface area contributed by atoms with Crippen LogP contribution in [-0.2, 0) is 13.0 Å². The third-order valence-electron chi connectivity index (χ3n) is 5.61. The van der Waals surface area contributed by atoms with Crippen molar-refractivity contribution in [1.29, 1.82) is 0 Å². The molecule has 0 bridgehead atoms. The highest BCUT2D eigenvalue weighted by Gasteiger charge is 2.40. The number of hydrogen-bond donors (Lipinski definition) is 1. The molecule has 2 aromatic carbocycles. The number of anilines is 1. The van der Waals surface area contributed by atoms with E-state index in [0.717, 1.165) is 30.8 Å². The summed E-state index contributed by atoms with van der Waals surface area (Å²) in [6, 6.07) is 11.3. The fourth-order valence-electron chi connectivity index (χ4n) is 4.20. The smallest absolute Gasteiger partial charge is 0.142 e. The molecule has 1 aliphatic heterocycles. The highest BCUT2D eigenvalue weighted by atomic mass is 35.5. The van der Waals surface area contributed by atoms with Gasteiger partial charge in [-0.3, -0.25) is 4.99 Å². The molecule has 1 heterocycles. The van der Waals surface area contributed by atoms with Gasteiger partial charge in [0.05, 0.1) is 11.6 Å². The summed E-state index contributed by atoms with van der Waals surface area (Å²) in [6.45, 7) is 0.346. The van der Waals surface area contributed by atoms with Crippen molar-refractivity contribution in [3.05, 3.63) is 63.4 Å². The summed E-state index contributed by atoms with van der Waals surface area (Å²) >= 11 is 12.0. The molecule has 1 saturated carbocycles. The van der Waals surface area contributed by atoms with Crippen LogP contribution in [0, 0.1) is 11.2 Å². The van der Waals surface area contributed by atoms with Crippen molar-refractivity contribution >= 4 is 34.7 Å². The lowest BCUT2D eigenvalue weighted by Crippen LogP contribution is -2.43. The fraction of sp³-hybridized carbons (Fsp3) is 0.381. The van der Waals surface area contributed by atoms with Gasteiger partial charge in [-0.2, -0.15) is 0 Å². The third kappa shape index (κ3) is 3.35. The van der Waals surface area contributed by atoms with E-state index >= 15 is 0 Å². The zero-order valence-corrected chi connectivity index (χ0v) is 16.0. The van der Waals surface area contributed by atoms with Gasteiger partial charge in [-0.1, -0.05) is 60.7 Å². The molecule has 0 atom stereocenters. The number of rotatable bonds is 2. The maximum absolute atomic E-state index is 13.8. The third-order valence-corrected chi connectivity index (χ3v) is 6.25. The van der Waals surface area contributed by atoms with Crippen LogP contribution in [-0.4, -0.2) is 5.84 Å². The largest absolute Gasteiger partial charge is 0.343 e. The minimum absolute atomic E-state index is 0.0415. The predicted octanol–water partition coefficient (Wildman–Crippen LogP) is 6.65. The molecule has 2 aromatic rings. The van der Waals surface area contributed by atoms with Crippen LogP contribution in [0.15, 0.2) is 41.4 Å². The minimum atomic E-state index is -0.458. The Hall–Kier alpha value is -1.58. The van der Waals surface area contributed by atoms with E-state index < -0.39 is 5.82 Å². The normalized spacial score (nSPS) is 20.0. The number of nitrogens with one attached hydrogen (secondary N) is 1. The Morgan fingerprint density at radius 3 is 2.62 bits per heavy atom. The maximum atomic E-state index is 13.8. The number of halogens is 3. The van der Waals surface area contributed by atoms with Crippen LogP contribution in [0.4, 0.5) is 10.1 Å². The van der Waals surface area contributed by atoms with Gasteiger partial charge >= 0.3 is 0 Å². The van der Waals surface area contributed by atoms with Crippen molar-refractivity contribution in [2.24, 2.45) is 10.4 Å². The van der Waals surface area contributed by atoms with E-state index in [0.29, 0.717) is 17.1 Å². The van der Waals surface area contributed by atoms with Crippen molar-refractivity contribution in [3.8, 4) is 0 Å². The van der Waals surface area contributed by atoms with Gasteiger partial charge in [-0.05, 0) is 48.6 Å². The van der Waals surface area contributed by atoms with Gasteiger partial charge in [0.15, 0.2) is 0 Å². The summed E-state index contributed by atoms with van der Waals surface area (Å²) in [6.07, 6.45) is 7.01. The molecule has 0 saturated heterocycles. The van der Waals surface area contributed by atoms with Gasteiger partial charge in [-0.15, -0.1) is 0 Å². The summed E-state index contributed by atoms with van der Waals surface area (Å²) in [5.41, 5.74) is 3.19. The summed E-state index contributed by atoms with van der Waals surface area (Å²) in [4.78, 5) is 4.87. The van der Waals surface area contributed by atoms with Gasteiger partial charge in [0.2, 0.25) is 0 Å². The lowest BCUT2D eigenvalue weighted by Gasteiger charge is -2.42. The Kier molecular flexibility index (Phi) is 4.94. The number of fused-ring (bicyclic) bond motifs is 1. The summed E-state index contributed by atoms with van der Waals surface area (Å²) < 4.78 is 13.8. The van der Waals surface area contributed by atoms with E-state index in [1.807, 2.05) is 6.07 Å². The van der Waals surface area contributed by atoms with Crippen LogP contribution >= 0.6 is 23.2 Å². The van der Waals surface area contributed by atoms with E-state index in [4.69, 9.17) is 28.2 Å². The molecule has 0 unspecified atom stereocenters. The van der Waals surface area contributed by atoms with E-state index in [2.05, 4.69) is 23.5 Å². The summed E-state index contributed by atoms with van der Waals surface area (Å²) in [5.74, 6) is 0.558. The van der Waals surface area contributed by atoms with Crippen LogP contribution < -0.4 is 5.32 Å². The number of aliphatic imine (C=N–C) groups is 1. The van der Waals surface area contributed by atoms with Crippen molar-refractivity contribution in [2.75, 3.05) is 5.32 Å². The molecule has 4 rings (SSSR count). The van der Waals surface area contributed by atoms with Crippen molar-refractivity contribution in [1.82, 2.24) is 0 Å². The lowest BCUT2D eigenvalue weighted by molar-refractivity contribution is 0.278. The standard InChI is InChI=1S/C21H21Cl2FN2/c22-16-11-17(23)18(24)10-15(16)13-25-20-21(8-4-1-5-9-21)12-14-6-2-3-7-19(14)26-20/h2-3,6-7,10-11H,1,4-5,8-9,12-13H2,(H,25,26). The molecule has 136 valence electrons. The zero-order chi connectivity index (χ0) is 18.1. The number of nitrogens with zero attached hydrogens (tertiary/aromatic N) is 1. The first kappa shape index (κ1) is 17.8. The first-order valence-corrected chi connectivity index (χ1v) is 9.86. The van der Waals surface area contributed by atoms with Crippen LogP contribution in [0.5, 0.6) is 0 Å². The molecular formula is C21H21Cl2FN2. The van der Waals surface area contributed by atoms with Gasteiger partial charge < -0.3 is 5.32 Å². The average molecular weight is 391 g/mol. The Morgan fingerprint density at radius 1 is 1.04 bits per heavy atom. The van der Waals surface area contributed by atoms with E-state index in [1.165, 1.54) is 37.0 Å². The first-order chi connectivity index (χ1) is 12.6. The molecular weight excluding hydrogens is 370 g/mol. The number of benzene rings is 2. The Labute approximate surface area is 163 Å².